The van der Waals surface area contributed by atoms with Crippen molar-refractivity contribution in [2.24, 2.45) is 0 Å². The molecule has 1 atom stereocenters. The van der Waals surface area contributed by atoms with Crippen LogP contribution in [0.15, 0.2) is 16.9 Å². The molecule has 21 heavy (non-hydrogen) atoms. The summed E-state index contributed by atoms with van der Waals surface area (Å²) in [6.07, 6.45) is 7.41. The molecule has 1 aliphatic rings. The number of aromatic nitrogens is 4. The summed E-state index contributed by atoms with van der Waals surface area (Å²) in [5.41, 5.74) is 0. The molecule has 0 bridgehead atoms. The molecule has 0 spiro atoms. The second-order valence-electron chi connectivity index (χ2n) is 5.78. The van der Waals surface area contributed by atoms with Crippen molar-refractivity contribution < 1.29 is 4.52 Å². The molecule has 0 saturated carbocycles. The molecule has 0 amide bonds. The number of likely N-dealkylation sites (tertiary alicyclic amines) is 1. The Bertz CT molecular complexity index is 576. The summed E-state index contributed by atoms with van der Waals surface area (Å²) >= 11 is 0. The van der Waals surface area contributed by atoms with E-state index in [1.807, 2.05) is 13.1 Å². The first-order valence-electron chi connectivity index (χ1n) is 7.79. The van der Waals surface area contributed by atoms with Gasteiger partial charge in [-0.3, -0.25) is 4.90 Å². The van der Waals surface area contributed by atoms with Gasteiger partial charge in [0.15, 0.2) is 5.82 Å². The van der Waals surface area contributed by atoms with E-state index in [1.54, 1.807) is 0 Å². The zero-order valence-corrected chi connectivity index (χ0v) is 12.8. The van der Waals surface area contributed by atoms with E-state index in [1.165, 1.54) is 6.42 Å². The molecule has 114 valence electrons. The second kappa shape index (κ2) is 6.39. The van der Waals surface area contributed by atoms with Crippen LogP contribution in [0.2, 0.25) is 0 Å². The van der Waals surface area contributed by atoms with E-state index >= 15 is 0 Å². The third-order valence-corrected chi connectivity index (χ3v) is 4.05. The smallest absolute Gasteiger partial charge is 0.223 e. The minimum atomic E-state index is 0.380. The summed E-state index contributed by atoms with van der Waals surface area (Å²) < 4.78 is 7.37. The number of rotatable bonds is 5. The van der Waals surface area contributed by atoms with E-state index in [0.717, 1.165) is 50.7 Å². The van der Waals surface area contributed by atoms with Gasteiger partial charge in [0.05, 0.1) is 6.54 Å². The van der Waals surface area contributed by atoms with Crippen LogP contribution in [0.5, 0.6) is 0 Å². The van der Waals surface area contributed by atoms with Crippen molar-refractivity contribution in [1.82, 2.24) is 24.6 Å². The predicted octanol–water partition coefficient (Wildman–Crippen LogP) is 2.36. The summed E-state index contributed by atoms with van der Waals surface area (Å²) in [5, 5.41) is 4.08. The summed E-state index contributed by atoms with van der Waals surface area (Å²) in [6.45, 7) is 8.08. The van der Waals surface area contributed by atoms with Gasteiger partial charge in [0.25, 0.3) is 0 Å². The Balaban J connectivity index is 1.64. The molecule has 6 nitrogen and oxygen atoms in total. The second-order valence-corrected chi connectivity index (χ2v) is 5.78. The first-order chi connectivity index (χ1) is 10.3. The molecule has 0 N–H and O–H groups in total. The molecular formula is C15H23N5O. The van der Waals surface area contributed by atoms with Gasteiger partial charge < -0.3 is 9.09 Å². The molecule has 0 unspecified atom stereocenters. The van der Waals surface area contributed by atoms with Crippen molar-refractivity contribution >= 4 is 0 Å². The van der Waals surface area contributed by atoms with E-state index in [9.17, 15) is 0 Å². The van der Waals surface area contributed by atoms with Gasteiger partial charge in [0.2, 0.25) is 5.89 Å². The van der Waals surface area contributed by atoms with Gasteiger partial charge in [-0.05, 0) is 25.8 Å². The molecule has 1 saturated heterocycles. The number of imidazole rings is 1. The highest BCUT2D eigenvalue weighted by atomic mass is 16.5. The minimum Gasteiger partial charge on any atom is -0.340 e. The van der Waals surface area contributed by atoms with Crippen LogP contribution in [0.3, 0.4) is 0 Å². The summed E-state index contributed by atoms with van der Waals surface area (Å²) in [7, 11) is 0. The first-order valence-corrected chi connectivity index (χ1v) is 7.79. The summed E-state index contributed by atoms with van der Waals surface area (Å²) in [5.74, 6) is 3.04. The molecule has 0 aromatic carbocycles. The van der Waals surface area contributed by atoms with Gasteiger partial charge >= 0.3 is 0 Å². The van der Waals surface area contributed by atoms with E-state index in [4.69, 9.17) is 4.52 Å². The zero-order chi connectivity index (χ0) is 14.7. The Morgan fingerprint density at radius 1 is 1.43 bits per heavy atom. The Labute approximate surface area is 125 Å². The Hall–Kier alpha value is -1.69. The van der Waals surface area contributed by atoms with Crippen LogP contribution < -0.4 is 0 Å². The van der Waals surface area contributed by atoms with Gasteiger partial charge in [0, 0.05) is 38.3 Å². The highest BCUT2D eigenvalue weighted by Crippen LogP contribution is 2.25. The molecule has 2 aromatic heterocycles. The Morgan fingerprint density at radius 3 is 3.10 bits per heavy atom. The predicted molar refractivity (Wildman–Crippen MR) is 78.8 cm³/mol. The van der Waals surface area contributed by atoms with E-state index < -0.39 is 0 Å². The van der Waals surface area contributed by atoms with Crippen LogP contribution in [0, 0.1) is 6.92 Å². The quantitative estimate of drug-likeness (QED) is 0.845. The zero-order valence-electron chi connectivity index (χ0n) is 12.8. The lowest BCUT2D eigenvalue weighted by Crippen LogP contribution is -2.35. The lowest BCUT2D eigenvalue weighted by molar-refractivity contribution is 0.188. The van der Waals surface area contributed by atoms with Crippen LogP contribution in [0.25, 0.3) is 0 Å². The lowest BCUT2D eigenvalue weighted by Gasteiger charge is -2.30. The van der Waals surface area contributed by atoms with Crippen molar-refractivity contribution in [3.05, 3.63) is 29.9 Å². The van der Waals surface area contributed by atoms with Crippen molar-refractivity contribution in [2.45, 2.75) is 52.1 Å². The van der Waals surface area contributed by atoms with Crippen LogP contribution in [0.4, 0.5) is 0 Å². The molecule has 3 rings (SSSR count). The molecule has 3 heterocycles. The van der Waals surface area contributed by atoms with Crippen molar-refractivity contribution in [3.63, 3.8) is 0 Å². The van der Waals surface area contributed by atoms with E-state index in [2.05, 4.69) is 37.7 Å². The fraction of sp³-hybridized carbons (Fsp3) is 0.667. The molecule has 1 aliphatic heterocycles. The standard InChI is InChI=1S/C15H23N5O/c1-3-7-20-9-6-16-14(20)11-19-8-4-5-13(10-19)15-17-12(2)21-18-15/h6,9,13H,3-5,7-8,10-11H2,1-2H3/t13-/m0/s1. The van der Waals surface area contributed by atoms with Gasteiger partial charge in [0.1, 0.15) is 5.82 Å². The maximum absolute atomic E-state index is 5.11. The van der Waals surface area contributed by atoms with Gasteiger partial charge in [-0.15, -0.1) is 0 Å². The number of hydrogen-bond donors (Lipinski definition) is 0. The Kier molecular flexibility index (Phi) is 4.34. The van der Waals surface area contributed by atoms with Crippen LogP contribution >= 0.6 is 0 Å². The van der Waals surface area contributed by atoms with Crippen molar-refractivity contribution in [3.8, 4) is 0 Å². The molecule has 1 fully saturated rings. The summed E-state index contributed by atoms with van der Waals surface area (Å²) in [4.78, 5) is 11.3. The minimum absolute atomic E-state index is 0.380. The average Bonchev–Trinajstić information content (AvgIpc) is 3.10. The largest absolute Gasteiger partial charge is 0.340 e. The molecule has 0 radical (unpaired) electrons. The van der Waals surface area contributed by atoms with Crippen LogP contribution in [-0.4, -0.2) is 37.7 Å². The van der Waals surface area contributed by atoms with Crippen molar-refractivity contribution in [2.75, 3.05) is 13.1 Å². The fourth-order valence-electron chi connectivity index (χ4n) is 3.03. The highest BCUT2D eigenvalue weighted by Gasteiger charge is 2.25. The Morgan fingerprint density at radius 2 is 2.33 bits per heavy atom. The van der Waals surface area contributed by atoms with Crippen LogP contribution in [0.1, 0.15) is 49.6 Å². The van der Waals surface area contributed by atoms with Crippen LogP contribution in [-0.2, 0) is 13.1 Å². The molecule has 2 aromatic rings. The van der Waals surface area contributed by atoms with E-state index in [-0.39, 0.29) is 0 Å². The monoisotopic (exact) mass is 289 g/mol. The topological polar surface area (TPSA) is 60.0 Å². The van der Waals surface area contributed by atoms with Gasteiger partial charge in [-0.1, -0.05) is 12.1 Å². The van der Waals surface area contributed by atoms with Gasteiger partial charge in [-0.25, -0.2) is 4.98 Å². The third-order valence-electron chi connectivity index (χ3n) is 4.05. The SMILES string of the molecule is CCCn1ccnc1CN1CCC[C@H](c2noc(C)n2)C1. The first kappa shape index (κ1) is 14.3. The summed E-state index contributed by atoms with van der Waals surface area (Å²) in [6, 6.07) is 0. The third kappa shape index (κ3) is 3.32. The lowest BCUT2D eigenvalue weighted by atomic mass is 9.97. The molecule has 0 aliphatic carbocycles. The highest BCUT2D eigenvalue weighted by molar-refractivity contribution is 5.00. The average molecular weight is 289 g/mol. The molecular weight excluding hydrogens is 266 g/mol. The number of hydrogen-bond acceptors (Lipinski definition) is 5. The normalized spacial score (nSPS) is 20.0. The maximum Gasteiger partial charge on any atom is 0.223 e. The number of aryl methyl sites for hydroxylation is 2. The fourth-order valence-corrected chi connectivity index (χ4v) is 3.03. The van der Waals surface area contributed by atoms with E-state index in [0.29, 0.717) is 11.8 Å². The number of piperidine rings is 1. The van der Waals surface area contributed by atoms with Crippen molar-refractivity contribution in [1.29, 1.82) is 0 Å². The van der Waals surface area contributed by atoms with Gasteiger partial charge in [-0.2, -0.15) is 4.98 Å². The number of nitrogens with zero attached hydrogens (tertiary/aromatic N) is 5. The maximum atomic E-state index is 5.11. The molecule has 6 heteroatoms.